The van der Waals surface area contributed by atoms with Crippen molar-refractivity contribution in [2.24, 2.45) is 5.92 Å². The van der Waals surface area contributed by atoms with Gasteiger partial charge in [0, 0.05) is 24.0 Å². The smallest absolute Gasteiger partial charge is 0.240 e. The van der Waals surface area contributed by atoms with Crippen LogP contribution in [0, 0.1) is 5.92 Å². The van der Waals surface area contributed by atoms with Crippen molar-refractivity contribution in [2.75, 3.05) is 6.54 Å². The van der Waals surface area contributed by atoms with Crippen LogP contribution >= 0.6 is 0 Å². The SMILES string of the molecule is C[C@H](C1CC1)N(C(=O)CN(Cc1nc(C2CCCCCC2)no1)C1CC1)C1CC1. The zero-order valence-corrected chi connectivity index (χ0v) is 17.9. The van der Waals surface area contributed by atoms with Crippen LogP contribution in [0.1, 0.15) is 102 Å². The number of rotatable bonds is 9. The number of aromatic nitrogens is 2. The van der Waals surface area contributed by atoms with Crippen LogP contribution < -0.4 is 0 Å². The van der Waals surface area contributed by atoms with Gasteiger partial charge in [-0.05, 0) is 64.2 Å². The van der Waals surface area contributed by atoms with Crippen molar-refractivity contribution in [3.8, 4) is 0 Å². The molecule has 1 amide bonds. The highest BCUT2D eigenvalue weighted by Crippen LogP contribution is 2.40. The Morgan fingerprint density at radius 2 is 1.69 bits per heavy atom. The maximum Gasteiger partial charge on any atom is 0.240 e. The highest BCUT2D eigenvalue weighted by molar-refractivity contribution is 5.79. The minimum atomic E-state index is 0.308. The summed E-state index contributed by atoms with van der Waals surface area (Å²) in [6.07, 6.45) is 14.9. The number of hydrogen-bond donors (Lipinski definition) is 0. The molecule has 0 radical (unpaired) electrons. The van der Waals surface area contributed by atoms with Crippen molar-refractivity contribution in [1.82, 2.24) is 19.9 Å². The molecule has 4 saturated carbocycles. The summed E-state index contributed by atoms with van der Waals surface area (Å²) in [4.78, 5) is 22.5. The molecule has 0 bridgehead atoms. The molecule has 0 N–H and O–H groups in total. The minimum absolute atomic E-state index is 0.308. The molecule has 1 atom stereocenters. The van der Waals surface area contributed by atoms with Gasteiger partial charge < -0.3 is 9.42 Å². The Morgan fingerprint density at radius 3 is 2.31 bits per heavy atom. The van der Waals surface area contributed by atoms with Crippen LogP contribution in [0.3, 0.4) is 0 Å². The fourth-order valence-electron chi connectivity index (χ4n) is 5.14. The van der Waals surface area contributed by atoms with Crippen molar-refractivity contribution < 1.29 is 9.32 Å². The Bertz CT molecular complexity index is 699. The summed E-state index contributed by atoms with van der Waals surface area (Å²) < 4.78 is 5.64. The summed E-state index contributed by atoms with van der Waals surface area (Å²) in [6, 6.07) is 1.40. The van der Waals surface area contributed by atoms with Crippen LogP contribution in [0.15, 0.2) is 4.52 Å². The van der Waals surface area contributed by atoms with Crippen molar-refractivity contribution in [2.45, 2.75) is 115 Å². The van der Waals surface area contributed by atoms with Crippen LogP contribution in [-0.2, 0) is 11.3 Å². The summed E-state index contributed by atoms with van der Waals surface area (Å²) in [6.45, 7) is 3.37. The van der Waals surface area contributed by atoms with Gasteiger partial charge in [0.2, 0.25) is 11.8 Å². The number of amides is 1. The molecule has 4 fully saturated rings. The number of carbonyl (C=O) groups is 1. The van der Waals surface area contributed by atoms with Crippen LogP contribution in [-0.4, -0.2) is 50.5 Å². The van der Waals surface area contributed by atoms with Crippen molar-refractivity contribution in [3.05, 3.63) is 11.7 Å². The molecule has 1 aromatic heterocycles. The molecule has 6 nitrogen and oxygen atoms in total. The Balaban J connectivity index is 1.22. The van der Waals surface area contributed by atoms with Crippen LogP contribution in [0.25, 0.3) is 0 Å². The molecular formula is C23H36N4O2. The van der Waals surface area contributed by atoms with Gasteiger partial charge in [-0.2, -0.15) is 4.98 Å². The van der Waals surface area contributed by atoms with Gasteiger partial charge in [-0.25, -0.2) is 0 Å². The van der Waals surface area contributed by atoms with E-state index in [9.17, 15) is 4.79 Å². The molecule has 0 saturated heterocycles. The van der Waals surface area contributed by atoms with E-state index in [2.05, 4.69) is 21.9 Å². The van der Waals surface area contributed by atoms with E-state index < -0.39 is 0 Å². The topological polar surface area (TPSA) is 62.5 Å². The monoisotopic (exact) mass is 400 g/mol. The van der Waals surface area contributed by atoms with E-state index in [4.69, 9.17) is 9.51 Å². The fraction of sp³-hybridized carbons (Fsp3) is 0.870. The highest BCUT2D eigenvalue weighted by atomic mass is 16.5. The first-order chi connectivity index (χ1) is 14.2. The third-order valence-corrected chi connectivity index (χ3v) is 7.42. The van der Waals surface area contributed by atoms with E-state index in [0.29, 0.717) is 48.9 Å². The molecule has 5 rings (SSSR count). The van der Waals surface area contributed by atoms with E-state index in [1.54, 1.807) is 0 Å². The predicted molar refractivity (Wildman–Crippen MR) is 110 cm³/mol. The fourth-order valence-corrected chi connectivity index (χ4v) is 5.14. The first-order valence-corrected chi connectivity index (χ1v) is 12.1. The molecule has 0 aromatic carbocycles. The summed E-state index contributed by atoms with van der Waals surface area (Å²) in [5.74, 6) is 3.08. The third kappa shape index (κ3) is 4.84. The minimum Gasteiger partial charge on any atom is -0.338 e. The van der Waals surface area contributed by atoms with Gasteiger partial charge in [0.15, 0.2) is 5.82 Å². The standard InChI is InChI=1S/C23H36N4O2/c1-16(17-8-9-17)27(20-12-13-20)22(28)15-26(19-10-11-19)14-21-24-23(25-29-21)18-6-4-2-3-5-7-18/h16-20H,2-15H2,1H3/t16-/m1/s1. The van der Waals surface area contributed by atoms with Gasteiger partial charge in [-0.3, -0.25) is 9.69 Å². The molecule has 0 aliphatic heterocycles. The van der Waals surface area contributed by atoms with Crippen molar-refractivity contribution in [3.63, 3.8) is 0 Å². The molecule has 0 spiro atoms. The normalized spacial score (nSPS) is 24.5. The summed E-state index contributed by atoms with van der Waals surface area (Å²) >= 11 is 0. The lowest BCUT2D eigenvalue weighted by atomic mass is 10.00. The first-order valence-electron chi connectivity index (χ1n) is 12.1. The maximum atomic E-state index is 13.2. The first kappa shape index (κ1) is 19.5. The highest BCUT2D eigenvalue weighted by Gasteiger charge is 2.43. The van der Waals surface area contributed by atoms with Gasteiger partial charge >= 0.3 is 0 Å². The van der Waals surface area contributed by atoms with Crippen molar-refractivity contribution >= 4 is 5.91 Å². The quantitative estimate of drug-likeness (QED) is 0.580. The summed E-state index contributed by atoms with van der Waals surface area (Å²) in [5, 5.41) is 4.32. The van der Waals surface area contributed by atoms with Gasteiger partial charge in [-0.15, -0.1) is 0 Å². The van der Waals surface area contributed by atoms with Gasteiger partial charge in [0.05, 0.1) is 13.1 Å². The second kappa shape index (κ2) is 8.37. The average molecular weight is 401 g/mol. The van der Waals surface area contributed by atoms with Crippen LogP contribution in [0.5, 0.6) is 0 Å². The van der Waals surface area contributed by atoms with E-state index in [-0.39, 0.29) is 0 Å². The zero-order valence-electron chi connectivity index (χ0n) is 17.9. The van der Waals surface area contributed by atoms with E-state index in [1.165, 1.54) is 77.0 Å². The van der Waals surface area contributed by atoms with Crippen LogP contribution in [0.4, 0.5) is 0 Å². The van der Waals surface area contributed by atoms with E-state index in [1.807, 2.05) is 0 Å². The number of carbonyl (C=O) groups excluding carboxylic acids is 1. The Kier molecular flexibility index (Phi) is 5.63. The van der Waals surface area contributed by atoms with E-state index in [0.717, 1.165) is 11.7 Å². The molecule has 1 aromatic rings. The Hall–Kier alpha value is -1.43. The summed E-state index contributed by atoms with van der Waals surface area (Å²) in [7, 11) is 0. The molecule has 0 unspecified atom stereocenters. The zero-order chi connectivity index (χ0) is 19.8. The molecule has 6 heteroatoms. The predicted octanol–water partition coefficient (Wildman–Crippen LogP) is 4.26. The second-order valence-corrected chi connectivity index (χ2v) is 9.98. The molecule has 4 aliphatic rings. The lowest BCUT2D eigenvalue weighted by Crippen LogP contribution is -2.47. The van der Waals surface area contributed by atoms with Gasteiger partial charge in [0.25, 0.3) is 0 Å². The maximum absolute atomic E-state index is 13.2. The Labute approximate surface area is 174 Å². The lowest BCUT2D eigenvalue weighted by molar-refractivity contribution is -0.136. The molecule has 160 valence electrons. The van der Waals surface area contributed by atoms with Gasteiger partial charge in [-0.1, -0.05) is 30.8 Å². The van der Waals surface area contributed by atoms with Crippen LogP contribution in [0.2, 0.25) is 0 Å². The molecule has 1 heterocycles. The lowest BCUT2D eigenvalue weighted by Gasteiger charge is -2.32. The van der Waals surface area contributed by atoms with E-state index >= 15 is 0 Å². The second-order valence-electron chi connectivity index (χ2n) is 9.98. The number of nitrogens with zero attached hydrogens (tertiary/aromatic N) is 4. The number of hydrogen-bond acceptors (Lipinski definition) is 5. The Morgan fingerprint density at radius 1 is 1.00 bits per heavy atom. The molecule has 29 heavy (non-hydrogen) atoms. The summed E-state index contributed by atoms with van der Waals surface area (Å²) in [5.41, 5.74) is 0. The third-order valence-electron chi connectivity index (χ3n) is 7.42. The van der Waals surface area contributed by atoms with Gasteiger partial charge in [0.1, 0.15) is 0 Å². The van der Waals surface area contributed by atoms with Crippen molar-refractivity contribution in [1.29, 1.82) is 0 Å². The average Bonchev–Trinajstić information content (AvgIpc) is 3.56. The molecule has 4 aliphatic carbocycles. The molecular weight excluding hydrogens is 364 g/mol. The largest absolute Gasteiger partial charge is 0.338 e.